The van der Waals surface area contributed by atoms with Crippen LogP contribution >= 0.6 is 15.9 Å². The molecule has 0 saturated carbocycles. The minimum atomic E-state index is -1.63. The largest absolute Gasteiger partial charge is 0.454 e. The highest BCUT2D eigenvalue weighted by Gasteiger charge is 2.22. The maximum Gasteiger partial charge on any atom is 0.231 e. The van der Waals surface area contributed by atoms with Crippen LogP contribution in [0.4, 0.5) is 0 Å². The summed E-state index contributed by atoms with van der Waals surface area (Å²) in [6.45, 7) is 5.00. The molecule has 4 heteroatoms. The Morgan fingerprint density at radius 2 is 1.76 bits per heavy atom. The van der Waals surface area contributed by atoms with Gasteiger partial charge in [0.05, 0.1) is 0 Å². The van der Waals surface area contributed by atoms with Gasteiger partial charge in [-0.05, 0) is 23.8 Å². The normalized spacial score (nSPS) is 14.3. The van der Waals surface area contributed by atoms with E-state index in [0.29, 0.717) is 6.79 Å². The van der Waals surface area contributed by atoms with E-state index in [1.807, 2.05) is 12.1 Å². The standard InChI is InChI=1S/C17H17BrO2Si/c1-21(2,14-6-4-3-5-7-14)11-15(18)13-8-9-16-17(10-13)20-12-19-16/h3-11H,12H2,1-2H3/b15-11-. The Kier molecular flexibility index (Phi) is 3.91. The second kappa shape index (κ2) is 5.70. The van der Waals surface area contributed by atoms with Crippen molar-refractivity contribution in [1.29, 1.82) is 0 Å². The first-order valence-corrected chi connectivity index (χ1v) is 10.8. The zero-order chi connectivity index (χ0) is 14.9. The molecule has 2 aromatic carbocycles. The van der Waals surface area contributed by atoms with Gasteiger partial charge in [0, 0.05) is 4.48 Å². The summed E-state index contributed by atoms with van der Waals surface area (Å²) in [5.41, 5.74) is 3.48. The van der Waals surface area contributed by atoms with Crippen molar-refractivity contribution in [3.05, 3.63) is 59.8 Å². The predicted molar refractivity (Wildman–Crippen MR) is 93.0 cm³/mol. The zero-order valence-corrected chi connectivity index (χ0v) is 14.7. The molecule has 2 aromatic rings. The quantitative estimate of drug-likeness (QED) is 0.759. The molecule has 0 atom stereocenters. The lowest BCUT2D eigenvalue weighted by molar-refractivity contribution is 0.174. The number of benzene rings is 2. The highest BCUT2D eigenvalue weighted by molar-refractivity contribution is 9.15. The number of ether oxygens (including phenoxy) is 2. The third kappa shape index (κ3) is 3.06. The van der Waals surface area contributed by atoms with Crippen LogP contribution in [0.2, 0.25) is 13.1 Å². The van der Waals surface area contributed by atoms with Gasteiger partial charge >= 0.3 is 0 Å². The van der Waals surface area contributed by atoms with Crippen molar-refractivity contribution in [3.8, 4) is 11.5 Å². The van der Waals surface area contributed by atoms with Gasteiger partial charge in [0.1, 0.15) is 8.07 Å². The third-order valence-corrected chi connectivity index (χ3v) is 7.59. The molecule has 0 aliphatic carbocycles. The Balaban J connectivity index is 1.92. The number of halogens is 1. The molecule has 1 aliphatic heterocycles. The highest BCUT2D eigenvalue weighted by atomic mass is 79.9. The van der Waals surface area contributed by atoms with E-state index < -0.39 is 8.07 Å². The third-order valence-electron chi connectivity index (χ3n) is 3.65. The molecule has 21 heavy (non-hydrogen) atoms. The Hall–Kier alpha value is -1.52. The van der Waals surface area contributed by atoms with E-state index in [0.717, 1.165) is 21.5 Å². The zero-order valence-electron chi connectivity index (χ0n) is 12.1. The van der Waals surface area contributed by atoms with Gasteiger partial charge in [-0.2, -0.15) is 0 Å². The van der Waals surface area contributed by atoms with Crippen LogP contribution in [-0.4, -0.2) is 14.9 Å². The summed E-state index contributed by atoms with van der Waals surface area (Å²) in [4.78, 5) is 0. The van der Waals surface area contributed by atoms with Crippen LogP contribution in [-0.2, 0) is 0 Å². The van der Waals surface area contributed by atoms with Crippen molar-refractivity contribution in [2.75, 3.05) is 6.79 Å². The number of fused-ring (bicyclic) bond motifs is 1. The summed E-state index contributed by atoms with van der Waals surface area (Å²) in [5, 5.41) is 1.42. The maximum absolute atomic E-state index is 5.45. The van der Waals surface area contributed by atoms with Crippen molar-refractivity contribution in [3.63, 3.8) is 0 Å². The fourth-order valence-corrected chi connectivity index (χ4v) is 6.38. The molecule has 0 bridgehead atoms. The minimum Gasteiger partial charge on any atom is -0.454 e. The van der Waals surface area contributed by atoms with Crippen LogP contribution in [0.5, 0.6) is 11.5 Å². The van der Waals surface area contributed by atoms with Gasteiger partial charge in [-0.1, -0.05) is 70.2 Å². The molecule has 0 radical (unpaired) electrons. The van der Waals surface area contributed by atoms with Crippen LogP contribution in [0, 0.1) is 0 Å². The number of rotatable bonds is 3. The lowest BCUT2D eigenvalue weighted by atomic mass is 10.2. The summed E-state index contributed by atoms with van der Waals surface area (Å²) < 4.78 is 11.9. The molecule has 1 heterocycles. The van der Waals surface area contributed by atoms with E-state index in [1.165, 1.54) is 5.19 Å². The van der Waals surface area contributed by atoms with Crippen molar-refractivity contribution < 1.29 is 9.47 Å². The van der Waals surface area contributed by atoms with Crippen LogP contribution in [0.15, 0.2) is 54.2 Å². The summed E-state index contributed by atoms with van der Waals surface area (Å²) >= 11 is 3.73. The topological polar surface area (TPSA) is 18.5 Å². The molecular weight excluding hydrogens is 344 g/mol. The SMILES string of the molecule is C[Si](C)(/C=C(\Br)c1ccc2c(c1)OCO2)c1ccccc1. The molecule has 0 unspecified atom stereocenters. The van der Waals surface area contributed by atoms with E-state index in [9.17, 15) is 0 Å². The smallest absolute Gasteiger partial charge is 0.231 e. The lowest BCUT2D eigenvalue weighted by Gasteiger charge is -2.19. The molecular formula is C17H17BrO2Si. The molecule has 108 valence electrons. The van der Waals surface area contributed by atoms with E-state index >= 15 is 0 Å². The fourth-order valence-electron chi connectivity index (χ4n) is 2.40. The summed E-state index contributed by atoms with van der Waals surface area (Å²) in [5.74, 6) is 1.63. The minimum absolute atomic E-state index is 0.310. The van der Waals surface area contributed by atoms with Crippen molar-refractivity contribution in [2.24, 2.45) is 0 Å². The predicted octanol–water partition coefficient (Wildman–Crippen LogP) is 4.31. The highest BCUT2D eigenvalue weighted by Crippen LogP contribution is 2.36. The van der Waals surface area contributed by atoms with Crippen LogP contribution < -0.4 is 14.7 Å². The van der Waals surface area contributed by atoms with E-state index in [1.54, 1.807) is 0 Å². The number of hydrogen-bond donors (Lipinski definition) is 0. The molecule has 0 amide bonds. The van der Waals surface area contributed by atoms with Crippen molar-refractivity contribution in [2.45, 2.75) is 13.1 Å². The average Bonchev–Trinajstić information content (AvgIpc) is 2.95. The summed E-state index contributed by atoms with van der Waals surface area (Å²) in [6, 6.07) is 16.7. The van der Waals surface area contributed by atoms with Gasteiger partial charge in [0.25, 0.3) is 0 Å². The van der Waals surface area contributed by atoms with Crippen LogP contribution in [0.3, 0.4) is 0 Å². The molecule has 0 spiro atoms. The monoisotopic (exact) mass is 360 g/mol. The Morgan fingerprint density at radius 1 is 1.05 bits per heavy atom. The van der Waals surface area contributed by atoms with E-state index in [4.69, 9.17) is 9.47 Å². The second-order valence-electron chi connectivity index (χ2n) is 5.65. The molecule has 2 nitrogen and oxygen atoms in total. The molecule has 0 N–H and O–H groups in total. The average molecular weight is 361 g/mol. The second-order valence-corrected chi connectivity index (χ2v) is 10.8. The molecule has 0 fully saturated rings. The lowest BCUT2D eigenvalue weighted by Crippen LogP contribution is -2.39. The van der Waals surface area contributed by atoms with Gasteiger partial charge in [-0.3, -0.25) is 0 Å². The first-order chi connectivity index (χ1) is 10.1. The summed E-state index contributed by atoms with van der Waals surface area (Å²) in [6.07, 6.45) is 0. The molecule has 0 aromatic heterocycles. The van der Waals surface area contributed by atoms with Gasteiger partial charge in [-0.25, -0.2) is 0 Å². The van der Waals surface area contributed by atoms with Crippen molar-refractivity contribution in [1.82, 2.24) is 0 Å². The Morgan fingerprint density at radius 3 is 2.52 bits per heavy atom. The Bertz CT molecular complexity index is 680. The van der Waals surface area contributed by atoms with Crippen LogP contribution in [0.1, 0.15) is 5.56 Å². The number of hydrogen-bond acceptors (Lipinski definition) is 2. The van der Waals surface area contributed by atoms with Gasteiger partial charge < -0.3 is 9.47 Å². The van der Waals surface area contributed by atoms with Gasteiger partial charge in [-0.15, -0.1) is 0 Å². The molecule has 1 aliphatic rings. The fraction of sp³-hybridized carbons (Fsp3) is 0.176. The van der Waals surface area contributed by atoms with Crippen molar-refractivity contribution >= 4 is 33.7 Å². The van der Waals surface area contributed by atoms with Gasteiger partial charge in [0.2, 0.25) is 6.79 Å². The van der Waals surface area contributed by atoms with E-state index in [2.05, 4.69) is 71.1 Å². The maximum atomic E-state index is 5.45. The summed E-state index contributed by atoms with van der Waals surface area (Å²) in [7, 11) is -1.63. The van der Waals surface area contributed by atoms with E-state index in [-0.39, 0.29) is 0 Å². The molecule has 0 saturated heterocycles. The Labute approximate surface area is 134 Å². The first-order valence-electron chi connectivity index (χ1n) is 6.90. The molecule has 3 rings (SSSR count). The first kappa shape index (κ1) is 14.4. The van der Waals surface area contributed by atoms with Crippen LogP contribution in [0.25, 0.3) is 4.48 Å². The van der Waals surface area contributed by atoms with Gasteiger partial charge in [0.15, 0.2) is 11.5 Å².